The van der Waals surface area contributed by atoms with Gasteiger partial charge in [0.2, 0.25) is 0 Å². The molecule has 4 nitrogen and oxygen atoms in total. The minimum atomic E-state index is -0.127. The highest BCUT2D eigenvalue weighted by atomic mass is 35.5. The molecule has 0 spiro atoms. The van der Waals surface area contributed by atoms with Crippen molar-refractivity contribution in [1.82, 2.24) is 5.32 Å². The zero-order valence-corrected chi connectivity index (χ0v) is 15.6. The second kappa shape index (κ2) is 7.68. The number of hydrogen-bond acceptors (Lipinski definition) is 2. The van der Waals surface area contributed by atoms with Gasteiger partial charge in [-0.1, -0.05) is 48.0 Å². The molecule has 26 heavy (non-hydrogen) atoms. The van der Waals surface area contributed by atoms with Crippen molar-refractivity contribution in [2.24, 2.45) is 0 Å². The van der Waals surface area contributed by atoms with E-state index in [9.17, 15) is 4.79 Å². The van der Waals surface area contributed by atoms with Crippen LogP contribution in [0.5, 0.6) is 0 Å². The van der Waals surface area contributed by atoms with Crippen molar-refractivity contribution in [2.75, 3.05) is 31.1 Å². The van der Waals surface area contributed by atoms with Crippen molar-refractivity contribution in [3.8, 4) is 0 Å². The second-order valence-corrected chi connectivity index (χ2v) is 7.69. The number of amides is 1. The quantitative estimate of drug-likeness (QED) is 0.845. The zero-order valence-electron chi connectivity index (χ0n) is 14.8. The molecule has 136 valence electrons. The van der Waals surface area contributed by atoms with Crippen LogP contribution in [-0.2, 0) is 4.79 Å². The van der Waals surface area contributed by atoms with Crippen LogP contribution < -0.4 is 15.1 Å². The summed E-state index contributed by atoms with van der Waals surface area (Å²) in [6.07, 6.45) is 2.23. The molecule has 1 saturated heterocycles. The summed E-state index contributed by atoms with van der Waals surface area (Å²) in [5.74, 6) is 0.171. The Hall–Kier alpha value is -2.04. The molecular weight excluding hydrogens is 346 g/mol. The number of benzene rings is 2. The summed E-state index contributed by atoms with van der Waals surface area (Å²) in [6.45, 7) is 3.72. The third-order valence-electron chi connectivity index (χ3n) is 5.31. The monoisotopic (exact) mass is 370 g/mol. The van der Waals surface area contributed by atoms with Crippen LogP contribution in [0.2, 0.25) is 5.02 Å². The van der Waals surface area contributed by atoms with Gasteiger partial charge >= 0.3 is 0 Å². The molecule has 1 aliphatic carbocycles. The van der Waals surface area contributed by atoms with Crippen LogP contribution in [0.15, 0.2) is 54.6 Å². The first kappa shape index (κ1) is 17.4. The van der Waals surface area contributed by atoms with E-state index in [0.29, 0.717) is 6.04 Å². The fourth-order valence-electron chi connectivity index (χ4n) is 3.74. The molecule has 2 N–H and O–H groups in total. The van der Waals surface area contributed by atoms with Gasteiger partial charge in [-0.25, -0.2) is 0 Å². The van der Waals surface area contributed by atoms with Crippen LogP contribution in [-0.4, -0.2) is 38.1 Å². The summed E-state index contributed by atoms with van der Waals surface area (Å²) in [5, 5.41) is 3.98. The molecule has 1 atom stereocenters. The average Bonchev–Trinajstić information content (AvgIpc) is 3.47. The number of halogens is 1. The summed E-state index contributed by atoms with van der Waals surface area (Å²) in [5.41, 5.74) is 2.27. The Labute approximate surface area is 159 Å². The molecular formula is C21H25ClN3O+. The van der Waals surface area contributed by atoms with Crippen LogP contribution >= 0.6 is 11.6 Å². The van der Waals surface area contributed by atoms with Gasteiger partial charge in [-0.05, 0) is 31.0 Å². The van der Waals surface area contributed by atoms with Gasteiger partial charge in [0, 0.05) is 22.3 Å². The van der Waals surface area contributed by atoms with Crippen molar-refractivity contribution < 1.29 is 9.69 Å². The lowest BCUT2D eigenvalue weighted by Crippen LogP contribution is -3.16. The third-order valence-corrected chi connectivity index (χ3v) is 5.54. The summed E-state index contributed by atoms with van der Waals surface area (Å²) in [7, 11) is 0. The van der Waals surface area contributed by atoms with E-state index < -0.39 is 0 Å². The van der Waals surface area contributed by atoms with E-state index in [0.717, 1.165) is 55.3 Å². The number of rotatable bonds is 5. The lowest BCUT2D eigenvalue weighted by Gasteiger charge is -2.37. The molecule has 0 radical (unpaired) electrons. The minimum Gasteiger partial charge on any atom is -0.360 e. The second-order valence-electron chi connectivity index (χ2n) is 7.25. The van der Waals surface area contributed by atoms with E-state index in [1.54, 1.807) is 0 Å². The lowest BCUT2D eigenvalue weighted by molar-refractivity contribution is -0.922. The Morgan fingerprint density at radius 1 is 1.08 bits per heavy atom. The topological polar surface area (TPSA) is 36.8 Å². The SMILES string of the molecule is O=C(NC1CC1)[C@@H](c1ccccc1)[NH+]1CCN(c2cccc(Cl)c2)CC1. The smallest absolute Gasteiger partial charge is 0.283 e. The van der Waals surface area contributed by atoms with Crippen LogP contribution in [0.1, 0.15) is 24.4 Å². The van der Waals surface area contributed by atoms with Gasteiger partial charge in [-0.2, -0.15) is 0 Å². The number of anilines is 1. The van der Waals surface area contributed by atoms with Crippen molar-refractivity contribution in [2.45, 2.75) is 24.9 Å². The molecule has 1 amide bonds. The van der Waals surface area contributed by atoms with Gasteiger partial charge in [0.05, 0.1) is 26.2 Å². The normalized spacial score (nSPS) is 19.2. The predicted octanol–water partition coefficient (Wildman–Crippen LogP) is 2.06. The highest BCUT2D eigenvalue weighted by Crippen LogP contribution is 2.22. The molecule has 5 heteroatoms. The van der Waals surface area contributed by atoms with Gasteiger partial charge in [0.1, 0.15) is 0 Å². The molecule has 1 heterocycles. The zero-order chi connectivity index (χ0) is 17.9. The van der Waals surface area contributed by atoms with E-state index >= 15 is 0 Å². The van der Waals surface area contributed by atoms with Gasteiger partial charge in [-0.3, -0.25) is 4.79 Å². The highest BCUT2D eigenvalue weighted by Gasteiger charge is 2.36. The van der Waals surface area contributed by atoms with E-state index in [1.807, 2.05) is 36.4 Å². The Kier molecular flexibility index (Phi) is 5.14. The first-order valence-corrected chi connectivity index (χ1v) is 9.79. The maximum absolute atomic E-state index is 12.9. The summed E-state index contributed by atoms with van der Waals surface area (Å²) in [4.78, 5) is 16.6. The third kappa shape index (κ3) is 4.02. The molecule has 1 saturated carbocycles. The highest BCUT2D eigenvalue weighted by molar-refractivity contribution is 6.30. The Morgan fingerprint density at radius 2 is 1.81 bits per heavy atom. The summed E-state index contributed by atoms with van der Waals surface area (Å²) in [6, 6.07) is 18.5. The standard InChI is InChI=1S/C21H24ClN3O/c22-17-7-4-8-19(15-17)24-11-13-25(14-12-24)20(16-5-2-1-3-6-16)21(26)23-18-9-10-18/h1-8,15,18,20H,9-14H2,(H,23,26)/p+1/t20-/m1/s1. The molecule has 4 rings (SSSR count). The Morgan fingerprint density at radius 3 is 2.46 bits per heavy atom. The van der Waals surface area contributed by atoms with E-state index in [1.165, 1.54) is 4.90 Å². The van der Waals surface area contributed by atoms with Gasteiger partial charge in [0.15, 0.2) is 6.04 Å². The van der Waals surface area contributed by atoms with Gasteiger partial charge in [-0.15, -0.1) is 0 Å². The molecule has 2 aromatic carbocycles. The average molecular weight is 371 g/mol. The molecule has 2 fully saturated rings. The fourth-order valence-corrected chi connectivity index (χ4v) is 3.93. The van der Waals surface area contributed by atoms with Crippen molar-refractivity contribution >= 4 is 23.2 Å². The molecule has 2 aliphatic rings. The number of carbonyl (C=O) groups is 1. The number of carbonyl (C=O) groups excluding carboxylic acids is 1. The maximum atomic E-state index is 12.9. The number of nitrogens with zero attached hydrogens (tertiary/aromatic N) is 1. The maximum Gasteiger partial charge on any atom is 0.283 e. The molecule has 0 aromatic heterocycles. The lowest BCUT2D eigenvalue weighted by atomic mass is 10.0. The van der Waals surface area contributed by atoms with Crippen molar-refractivity contribution in [3.05, 3.63) is 65.2 Å². The number of nitrogens with one attached hydrogen (secondary N) is 2. The first-order chi connectivity index (χ1) is 12.7. The summed E-state index contributed by atoms with van der Waals surface area (Å²) < 4.78 is 0. The van der Waals surface area contributed by atoms with Crippen LogP contribution in [0.25, 0.3) is 0 Å². The van der Waals surface area contributed by atoms with Crippen molar-refractivity contribution in [1.29, 1.82) is 0 Å². The van der Waals surface area contributed by atoms with Crippen LogP contribution in [0.4, 0.5) is 5.69 Å². The van der Waals surface area contributed by atoms with E-state index in [2.05, 4.69) is 28.4 Å². The van der Waals surface area contributed by atoms with Crippen LogP contribution in [0, 0.1) is 0 Å². The summed E-state index contributed by atoms with van der Waals surface area (Å²) >= 11 is 6.13. The van der Waals surface area contributed by atoms with E-state index in [4.69, 9.17) is 11.6 Å². The number of quaternary nitrogens is 1. The predicted molar refractivity (Wildman–Crippen MR) is 105 cm³/mol. The number of hydrogen-bond donors (Lipinski definition) is 2. The number of piperazine rings is 1. The largest absolute Gasteiger partial charge is 0.360 e. The van der Waals surface area contributed by atoms with Crippen LogP contribution in [0.3, 0.4) is 0 Å². The fraction of sp³-hybridized carbons (Fsp3) is 0.381. The Bertz CT molecular complexity index is 755. The molecule has 0 unspecified atom stereocenters. The minimum absolute atomic E-state index is 0.127. The van der Waals surface area contributed by atoms with E-state index in [-0.39, 0.29) is 11.9 Å². The van der Waals surface area contributed by atoms with Gasteiger partial charge < -0.3 is 15.1 Å². The first-order valence-electron chi connectivity index (χ1n) is 9.41. The van der Waals surface area contributed by atoms with Crippen molar-refractivity contribution in [3.63, 3.8) is 0 Å². The molecule has 2 aromatic rings. The Balaban J connectivity index is 1.47. The van der Waals surface area contributed by atoms with Gasteiger partial charge in [0.25, 0.3) is 5.91 Å². The molecule has 0 bridgehead atoms. The molecule has 1 aliphatic heterocycles.